The maximum Gasteiger partial charge on any atom is 0.229 e. The van der Waals surface area contributed by atoms with Crippen LogP contribution in [0.3, 0.4) is 0 Å². The fourth-order valence-corrected chi connectivity index (χ4v) is 4.17. The van der Waals surface area contributed by atoms with E-state index in [9.17, 15) is 4.79 Å². The zero-order valence-corrected chi connectivity index (χ0v) is 17.0. The van der Waals surface area contributed by atoms with E-state index in [4.69, 9.17) is 21.1 Å². The smallest absolute Gasteiger partial charge is 0.229 e. The predicted octanol–water partition coefficient (Wildman–Crippen LogP) is 3.56. The average Bonchev–Trinajstić information content (AvgIpc) is 2.74. The van der Waals surface area contributed by atoms with E-state index in [2.05, 4.69) is 11.8 Å². The Balaban J connectivity index is 1.39. The molecular formula is C22H25ClN2O3. The molecule has 0 bridgehead atoms. The van der Waals surface area contributed by atoms with Crippen LogP contribution >= 0.6 is 11.6 Å². The van der Waals surface area contributed by atoms with Crippen molar-refractivity contribution in [1.82, 2.24) is 4.90 Å². The highest BCUT2D eigenvalue weighted by Gasteiger charge is 2.31. The summed E-state index contributed by atoms with van der Waals surface area (Å²) in [5.74, 6) is 1.68. The number of methoxy groups -OCH3 is 1. The van der Waals surface area contributed by atoms with Gasteiger partial charge in [-0.05, 0) is 54.8 Å². The molecule has 6 heteroatoms. The standard InChI is InChI=1S/C22H25ClN2O3/c1-15-3-4-18(23)13-20(15)24-7-9-25(10-8-24)22(26)17-11-16-12-19(27-2)5-6-21(16)28-14-17/h3-6,12-13,17H,7-11,14H2,1-2H3/t17-/m1/s1. The van der Waals surface area contributed by atoms with Crippen LogP contribution in [0.25, 0.3) is 0 Å². The summed E-state index contributed by atoms with van der Waals surface area (Å²) in [5, 5.41) is 0.743. The van der Waals surface area contributed by atoms with E-state index in [1.165, 1.54) is 5.56 Å². The van der Waals surface area contributed by atoms with Gasteiger partial charge < -0.3 is 19.3 Å². The van der Waals surface area contributed by atoms with Crippen LogP contribution in [0.2, 0.25) is 5.02 Å². The first-order chi connectivity index (χ1) is 13.5. The molecule has 2 aromatic carbocycles. The highest BCUT2D eigenvalue weighted by atomic mass is 35.5. The number of nitrogens with zero attached hydrogens (tertiary/aromatic N) is 2. The van der Waals surface area contributed by atoms with Crippen LogP contribution in [0.1, 0.15) is 11.1 Å². The lowest BCUT2D eigenvalue weighted by molar-refractivity contribution is -0.137. The highest BCUT2D eigenvalue weighted by molar-refractivity contribution is 6.30. The lowest BCUT2D eigenvalue weighted by atomic mass is 9.95. The number of fused-ring (bicyclic) bond motifs is 1. The van der Waals surface area contributed by atoms with Crippen molar-refractivity contribution in [2.24, 2.45) is 5.92 Å². The van der Waals surface area contributed by atoms with E-state index in [1.807, 2.05) is 41.3 Å². The third-order valence-electron chi connectivity index (χ3n) is 5.63. The molecule has 148 valence electrons. The first-order valence-electron chi connectivity index (χ1n) is 9.65. The molecule has 0 aromatic heterocycles. The van der Waals surface area contributed by atoms with E-state index >= 15 is 0 Å². The molecule has 0 unspecified atom stereocenters. The molecule has 0 radical (unpaired) electrons. The van der Waals surface area contributed by atoms with Gasteiger partial charge >= 0.3 is 0 Å². The maximum absolute atomic E-state index is 13.1. The Morgan fingerprint density at radius 2 is 1.93 bits per heavy atom. The molecule has 0 saturated carbocycles. The van der Waals surface area contributed by atoms with Crippen molar-refractivity contribution in [2.75, 3.05) is 44.8 Å². The van der Waals surface area contributed by atoms with E-state index in [1.54, 1.807) is 7.11 Å². The number of halogens is 1. The van der Waals surface area contributed by atoms with Crippen LogP contribution < -0.4 is 14.4 Å². The number of ether oxygens (including phenoxy) is 2. The summed E-state index contributed by atoms with van der Waals surface area (Å²) in [6, 6.07) is 11.7. The molecule has 2 aliphatic rings. The van der Waals surface area contributed by atoms with Crippen molar-refractivity contribution in [3.05, 3.63) is 52.5 Å². The predicted molar refractivity (Wildman–Crippen MR) is 111 cm³/mol. The minimum Gasteiger partial charge on any atom is -0.497 e. The lowest BCUT2D eigenvalue weighted by Gasteiger charge is -2.38. The number of hydrogen-bond acceptors (Lipinski definition) is 4. The summed E-state index contributed by atoms with van der Waals surface area (Å²) in [4.78, 5) is 17.3. The summed E-state index contributed by atoms with van der Waals surface area (Å²) in [6.07, 6.45) is 0.693. The van der Waals surface area contributed by atoms with Gasteiger partial charge in [-0.25, -0.2) is 0 Å². The lowest BCUT2D eigenvalue weighted by Crippen LogP contribution is -2.51. The second kappa shape index (κ2) is 7.92. The third-order valence-corrected chi connectivity index (χ3v) is 5.86. The minimum atomic E-state index is -0.140. The zero-order valence-electron chi connectivity index (χ0n) is 16.3. The van der Waals surface area contributed by atoms with Gasteiger partial charge in [-0.1, -0.05) is 17.7 Å². The SMILES string of the molecule is COc1ccc2c(c1)C[C@@H](C(=O)N1CCN(c3cc(Cl)ccc3C)CC1)CO2. The molecule has 4 rings (SSSR count). The van der Waals surface area contributed by atoms with E-state index in [0.29, 0.717) is 26.1 Å². The van der Waals surface area contributed by atoms with Crippen molar-refractivity contribution in [1.29, 1.82) is 0 Å². The summed E-state index contributed by atoms with van der Waals surface area (Å²) in [7, 11) is 1.65. The van der Waals surface area contributed by atoms with Crippen molar-refractivity contribution in [3.63, 3.8) is 0 Å². The Labute approximate surface area is 170 Å². The molecule has 1 atom stereocenters. The molecule has 1 fully saturated rings. The first kappa shape index (κ1) is 18.9. The number of amides is 1. The van der Waals surface area contributed by atoms with E-state index in [-0.39, 0.29) is 11.8 Å². The van der Waals surface area contributed by atoms with Crippen LogP contribution in [0, 0.1) is 12.8 Å². The number of piperazine rings is 1. The molecule has 0 spiro atoms. The van der Waals surface area contributed by atoms with Gasteiger partial charge in [0, 0.05) is 36.9 Å². The van der Waals surface area contributed by atoms with Gasteiger partial charge in [-0.2, -0.15) is 0 Å². The maximum atomic E-state index is 13.1. The van der Waals surface area contributed by atoms with Crippen LogP contribution in [0.4, 0.5) is 5.69 Å². The summed E-state index contributed by atoms with van der Waals surface area (Å²) in [6.45, 7) is 5.58. The number of carbonyl (C=O) groups excluding carboxylic acids is 1. The highest BCUT2D eigenvalue weighted by Crippen LogP contribution is 2.32. The van der Waals surface area contributed by atoms with Crippen molar-refractivity contribution in [2.45, 2.75) is 13.3 Å². The summed E-state index contributed by atoms with van der Waals surface area (Å²) >= 11 is 6.17. The molecule has 2 heterocycles. The monoisotopic (exact) mass is 400 g/mol. The summed E-state index contributed by atoms with van der Waals surface area (Å²) in [5.41, 5.74) is 3.40. The fraction of sp³-hybridized carbons (Fsp3) is 0.409. The normalized spacial score (nSPS) is 19.0. The Morgan fingerprint density at radius 1 is 1.14 bits per heavy atom. The number of aryl methyl sites for hydroxylation is 1. The number of anilines is 1. The first-order valence-corrected chi connectivity index (χ1v) is 10.0. The molecule has 2 aliphatic heterocycles. The Kier molecular flexibility index (Phi) is 5.36. The van der Waals surface area contributed by atoms with Crippen LogP contribution in [-0.4, -0.2) is 50.7 Å². The van der Waals surface area contributed by atoms with Gasteiger partial charge in [0.25, 0.3) is 0 Å². The molecular weight excluding hydrogens is 376 g/mol. The Bertz CT molecular complexity index is 878. The second-order valence-electron chi connectivity index (χ2n) is 7.43. The quantitative estimate of drug-likeness (QED) is 0.790. The minimum absolute atomic E-state index is 0.140. The number of rotatable bonds is 3. The largest absolute Gasteiger partial charge is 0.497 e. The number of carbonyl (C=O) groups is 1. The molecule has 1 amide bonds. The van der Waals surface area contributed by atoms with Crippen molar-refractivity contribution in [3.8, 4) is 11.5 Å². The molecule has 5 nitrogen and oxygen atoms in total. The Hall–Kier alpha value is -2.40. The van der Waals surface area contributed by atoms with Gasteiger partial charge in [0.1, 0.15) is 18.1 Å². The number of benzene rings is 2. The van der Waals surface area contributed by atoms with Gasteiger partial charge in [0.15, 0.2) is 0 Å². The van der Waals surface area contributed by atoms with Gasteiger partial charge in [0.05, 0.1) is 13.0 Å². The molecule has 1 saturated heterocycles. The van der Waals surface area contributed by atoms with Gasteiger partial charge in [-0.3, -0.25) is 4.79 Å². The van der Waals surface area contributed by atoms with E-state index < -0.39 is 0 Å². The Morgan fingerprint density at radius 3 is 2.68 bits per heavy atom. The van der Waals surface area contributed by atoms with Crippen LogP contribution in [0.5, 0.6) is 11.5 Å². The van der Waals surface area contributed by atoms with Crippen molar-refractivity contribution >= 4 is 23.2 Å². The topological polar surface area (TPSA) is 42.0 Å². The van der Waals surface area contributed by atoms with Crippen LogP contribution in [-0.2, 0) is 11.2 Å². The average molecular weight is 401 g/mol. The third kappa shape index (κ3) is 3.76. The molecule has 2 aromatic rings. The van der Waals surface area contributed by atoms with Gasteiger partial charge in [0.2, 0.25) is 5.91 Å². The molecule has 0 N–H and O–H groups in total. The molecule has 0 aliphatic carbocycles. The number of hydrogen-bond donors (Lipinski definition) is 0. The summed E-state index contributed by atoms with van der Waals surface area (Å²) < 4.78 is 11.1. The van der Waals surface area contributed by atoms with Gasteiger partial charge in [-0.15, -0.1) is 0 Å². The fourth-order valence-electron chi connectivity index (χ4n) is 4.01. The second-order valence-corrected chi connectivity index (χ2v) is 7.87. The van der Waals surface area contributed by atoms with E-state index in [0.717, 1.165) is 40.9 Å². The van der Waals surface area contributed by atoms with Crippen LogP contribution in [0.15, 0.2) is 36.4 Å². The van der Waals surface area contributed by atoms with Crippen molar-refractivity contribution < 1.29 is 14.3 Å². The zero-order chi connectivity index (χ0) is 19.7. The molecule has 28 heavy (non-hydrogen) atoms.